The van der Waals surface area contributed by atoms with Gasteiger partial charge in [-0.3, -0.25) is 19.5 Å². The Kier molecular flexibility index (Phi) is 7.02. The van der Waals surface area contributed by atoms with E-state index in [1.54, 1.807) is 35.9 Å². The maximum Gasteiger partial charge on any atom is 0.257 e. The van der Waals surface area contributed by atoms with Crippen LogP contribution >= 0.6 is 11.3 Å². The highest BCUT2D eigenvalue weighted by molar-refractivity contribution is 7.17. The van der Waals surface area contributed by atoms with E-state index < -0.39 is 0 Å². The highest BCUT2D eigenvalue weighted by atomic mass is 32.1. The van der Waals surface area contributed by atoms with Crippen LogP contribution in [0, 0.1) is 0 Å². The Morgan fingerprint density at radius 2 is 1.79 bits per heavy atom. The molecule has 0 atom stereocenters. The number of benzene rings is 1. The molecule has 0 radical (unpaired) electrons. The zero-order valence-corrected chi connectivity index (χ0v) is 20.2. The molecule has 2 aromatic heterocycles. The molecule has 2 amide bonds. The maximum atomic E-state index is 13.8. The lowest BCUT2D eigenvalue weighted by Crippen LogP contribution is -2.36. The van der Waals surface area contributed by atoms with Crippen molar-refractivity contribution < 1.29 is 9.59 Å². The zero-order valence-electron chi connectivity index (χ0n) is 19.3. The number of pyridine rings is 1. The summed E-state index contributed by atoms with van der Waals surface area (Å²) in [5.74, 6) is -0.159. The topological polar surface area (TPSA) is 65.5 Å². The predicted octanol–water partition coefficient (Wildman–Crippen LogP) is 4.62. The van der Waals surface area contributed by atoms with E-state index in [1.165, 1.54) is 10.4 Å². The van der Waals surface area contributed by atoms with Gasteiger partial charge in [0.1, 0.15) is 5.00 Å². The Labute approximate surface area is 204 Å². The van der Waals surface area contributed by atoms with E-state index in [-0.39, 0.29) is 11.8 Å². The molecule has 0 bridgehead atoms. The van der Waals surface area contributed by atoms with Crippen molar-refractivity contribution in [1.82, 2.24) is 14.8 Å². The van der Waals surface area contributed by atoms with Gasteiger partial charge in [-0.1, -0.05) is 30.3 Å². The summed E-state index contributed by atoms with van der Waals surface area (Å²) >= 11 is 1.57. The van der Waals surface area contributed by atoms with Crippen LogP contribution in [0.1, 0.15) is 56.0 Å². The summed E-state index contributed by atoms with van der Waals surface area (Å²) in [5.41, 5.74) is 3.66. The molecule has 0 spiro atoms. The molecule has 34 heavy (non-hydrogen) atoms. The van der Waals surface area contributed by atoms with Crippen LogP contribution in [0.2, 0.25) is 0 Å². The van der Waals surface area contributed by atoms with Gasteiger partial charge in [0.15, 0.2) is 0 Å². The Balaban J connectivity index is 1.34. The fourth-order valence-corrected chi connectivity index (χ4v) is 6.16. The summed E-state index contributed by atoms with van der Waals surface area (Å²) in [4.78, 5) is 36.4. The second kappa shape index (κ2) is 10.5. The first kappa shape index (κ1) is 22.7. The number of carbonyl (C=O) groups excluding carboxylic acids is 2. The number of rotatable bonds is 5. The van der Waals surface area contributed by atoms with Crippen molar-refractivity contribution >= 4 is 28.2 Å². The van der Waals surface area contributed by atoms with E-state index in [0.29, 0.717) is 22.7 Å². The molecule has 3 aromatic rings. The third kappa shape index (κ3) is 5.05. The number of thiophene rings is 1. The molecular weight excluding hydrogens is 444 g/mol. The molecule has 1 aromatic carbocycles. The molecule has 2 aliphatic rings. The van der Waals surface area contributed by atoms with E-state index in [2.05, 4.69) is 39.5 Å². The highest BCUT2D eigenvalue weighted by Gasteiger charge is 2.30. The largest absolute Gasteiger partial charge is 0.337 e. The van der Waals surface area contributed by atoms with Crippen LogP contribution in [0.5, 0.6) is 0 Å². The molecule has 1 saturated heterocycles. The van der Waals surface area contributed by atoms with Gasteiger partial charge in [0.05, 0.1) is 11.1 Å². The van der Waals surface area contributed by atoms with Crippen molar-refractivity contribution in [2.45, 2.75) is 38.6 Å². The van der Waals surface area contributed by atoms with Crippen LogP contribution < -0.4 is 5.32 Å². The summed E-state index contributed by atoms with van der Waals surface area (Å²) in [6.07, 6.45) is 8.26. The normalized spacial score (nSPS) is 16.5. The molecule has 1 N–H and O–H groups in total. The SMILES string of the molecule is O=C(Nc1sc2c(c1C(=O)N1CCCN(Cc3ccccc3)CC1)CCCC2)c1cccnc1. The lowest BCUT2D eigenvalue weighted by atomic mass is 9.95. The van der Waals surface area contributed by atoms with Gasteiger partial charge in [0, 0.05) is 50.0 Å². The van der Waals surface area contributed by atoms with Crippen molar-refractivity contribution in [1.29, 1.82) is 0 Å². The lowest BCUT2D eigenvalue weighted by Gasteiger charge is -2.23. The van der Waals surface area contributed by atoms with Gasteiger partial charge in [-0.15, -0.1) is 11.3 Å². The van der Waals surface area contributed by atoms with Crippen molar-refractivity contribution in [3.05, 3.63) is 82.0 Å². The first-order valence-corrected chi connectivity index (χ1v) is 12.9. The first-order valence-electron chi connectivity index (χ1n) is 12.1. The van der Waals surface area contributed by atoms with Gasteiger partial charge in [0.2, 0.25) is 0 Å². The standard InChI is InChI=1S/C27H30N4O2S/c32-25(21-10-6-13-28-18-21)29-26-24(22-11-4-5-12-23(22)34-26)27(33)31-15-7-14-30(16-17-31)19-20-8-2-1-3-9-20/h1-3,6,8-10,13,18H,4-5,7,11-12,14-17,19H2,(H,29,32). The minimum absolute atomic E-state index is 0.0578. The number of aryl methyl sites for hydroxylation is 1. The van der Waals surface area contributed by atoms with E-state index in [4.69, 9.17) is 0 Å². The minimum Gasteiger partial charge on any atom is -0.337 e. The van der Waals surface area contributed by atoms with Crippen LogP contribution in [0.15, 0.2) is 54.9 Å². The molecule has 7 heteroatoms. The molecule has 6 nitrogen and oxygen atoms in total. The van der Waals surface area contributed by atoms with Gasteiger partial charge >= 0.3 is 0 Å². The molecule has 1 fully saturated rings. The smallest absolute Gasteiger partial charge is 0.257 e. The number of nitrogens with zero attached hydrogens (tertiary/aromatic N) is 3. The number of hydrogen-bond donors (Lipinski definition) is 1. The van der Waals surface area contributed by atoms with Gasteiger partial charge < -0.3 is 10.2 Å². The fraction of sp³-hybridized carbons (Fsp3) is 0.370. The average Bonchev–Trinajstić information content (AvgIpc) is 3.07. The highest BCUT2D eigenvalue weighted by Crippen LogP contribution is 2.39. The fourth-order valence-electron chi connectivity index (χ4n) is 4.88. The van der Waals surface area contributed by atoms with Gasteiger partial charge in [-0.2, -0.15) is 0 Å². The summed E-state index contributed by atoms with van der Waals surface area (Å²) in [6, 6.07) is 14.0. The first-order chi connectivity index (χ1) is 16.7. The third-order valence-corrected chi connectivity index (χ3v) is 7.87. The number of carbonyl (C=O) groups is 2. The van der Waals surface area contributed by atoms with Crippen LogP contribution in [0.25, 0.3) is 0 Å². The number of aromatic nitrogens is 1. The Bertz CT molecular complexity index is 1150. The minimum atomic E-state index is -0.217. The van der Waals surface area contributed by atoms with Crippen molar-refractivity contribution in [2.75, 3.05) is 31.5 Å². The number of anilines is 1. The molecule has 1 aliphatic carbocycles. The van der Waals surface area contributed by atoms with Gasteiger partial charge in [-0.05, 0) is 55.4 Å². The van der Waals surface area contributed by atoms with Gasteiger partial charge in [0.25, 0.3) is 11.8 Å². The quantitative estimate of drug-likeness (QED) is 0.586. The average molecular weight is 475 g/mol. The number of amides is 2. The lowest BCUT2D eigenvalue weighted by molar-refractivity contribution is 0.0761. The Morgan fingerprint density at radius 1 is 0.941 bits per heavy atom. The molecule has 3 heterocycles. The molecule has 0 unspecified atom stereocenters. The summed E-state index contributed by atoms with van der Waals surface area (Å²) in [7, 11) is 0. The van der Waals surface area contributed by atoms with Crippen LogP contribution in [0.3, 0.4) is 0 Å². The van der Waals surface area contributed by atoms with E-state index in [1.807, 2.05) is 11.0 Å². The summed E-state index contributed by atoms with van der Waals surface area (Å²) in [6.45, 7) is 4.18. The number of fused-ring (bicyclic) bond motifs is 1. The summed E-state index contributed by atoms with van der Waals surface area (Å²) < 4.78 is 0. The van der Waals surface area contributed by atoms with Crippen molar-refractivity contribution in [3.8, 4) is 0 Å². The second-order valence-electron chi connectivity index (χ2n) is 9.02. The van der Waals surface area contributed by atoms with Crippen molar-refractivity contribution in [2.24, 2.45) is 0 Å². The molecule has 1 aliphatic heterocycles. The number of nitrogens with one attached hydrogen (secondary N) is 1. The van der Waals surface area contributed by atoms with Crippen LogP contribution in [-0.2, 0) is 19.4 Å². The summed E-state index contributed by atoms with van der Waals surface area (Å²) in [5, 5.41) is 3.73. The van der Waals surface area contributed by atoms with Crippen molar-refractivity contribution in [3.63, 3.8) is 0 Å². The monoisotopic (exact) mass is 474 g/mol. The van der Waals surface area contributed by atoms with E-state index >= 15 is 0 Å². The molecule has 5 rings (SSSR count). The number of hydrogen-bond acceptors (Lipinski definition) is 5. The van der Waals surface area contributed by atoms with E-state index in [0.717, 1.165) is 63.8 Å². The molecule has 0 saturated carbocycles. The van der Waals surface area contributed by atoms with Crippen LogP contribution in [0.4, 0.5) is 5.00 Å². The third-order valence-electron chi connectivity index (χ3n) is 6.66. The Morgan fingerprint density at radius 3 is 2.62 bits per heavy atom. The van der Waals surface area contributed by atoms with Gasteiger partial charge in [-0.25, -0.2) is 0 Å². The predicted molar refractivity (Wildman–Crippen MR) is 135 cm³/mol. The van der Waals surface area contributed by atoms with Crippen LogP contribution in [-0.4, -0.2) is 52.8 Å². The molecular formula is C27H30N4O2S. The Hall–Kier alpha value is -3.03. The molecule has 176 valence electrons. The maximum absolute atomic E-state index is 13.8. The second-order valence-corrected chi connectivity index (χ2v) is 10.1. The zero-order chi connectivity index (χ0) is 23.3. The van der Waals surface area contributed by atoms with E-state index in [9.17, 15) is 9.59 Å².